The number of piperidine rings is 1. The van der Waals surface area contributed by atoms with Gasteiger partial charge in [-0.2, -0.15) is 0 Å². The van der Waals surface area contributed by atoms with E-state index >= 15 is 0 Å². The Morgan fingerprint density at radius 1 is 0.833 bits per heavy atom. The third-order valence-electron chi connectivity index (χ3n) is 7.78. The molecule has 162 valence electrons. The van der Waals surface area contributed by atoms with E-state index in [1.807, 2.05) is 0 Å². The van der Waals surface area contributed by atoms with Gasteiger partial charge < -0.3 is 9.74 Å². The van der Waals surface area contributed by atoms with Gasteiger partial charge in [-0.15, -0.1) is 0 Å². The molecule has 0 atom stereocenters. The van der Waals surface area contributed by atoms with Crippen LogP contribution in [0.4, 0.5) is 0 Å². The maximum atomic E-state index is 7.21. The Balaban J connectivity index is 1.57. The highest BCUT2D eigenvalue weighted by Crippen LogP contribution is 2.46. The predicted molar refractivity (Wildman–Crippen MR) is 130 cm³/mol. The van der Waals surface area contributed by atoms with Gasteiger partial charge in [0.25, 0.3) is 8.32 Å². The SMILES string of the molecule is CC(C)(C)[Si](OCC1CCC2(CCNCC2)CC1)(c1ccccc1)c1ccccc1. The zero-order chi connectivity index (χ0) is 21.1. The predicted octanol–water partition coefficient (Wildman–Crippen LogP) is 5.12. The van der Waals surface area contributed by atoms with Gasteiger partial charge in [0.1, 0.15) is 0 Å². The number of benzene rings is 2. The molecule has 1 N–H and O–H groups in total. The Hall–Kier alpha value is -1.42. The van der Waals surface area contributed by atoms with Gasteiger partial charge in [-0.25, -0.2) is 0 Å². The fourth-order valence-electron chi connectivity index (χ4n) is 5.92. The zero-order valence-electron chi connectivity index (χ0n) is 19.1. The minimum absolute atomic E-state index is 0.0701. The van der Waals surface area contributed by atoms with Gasteiger partial charge >= 0.3 is 0 Å². The van der Waals surface area contributed by atoms with Crippen LogP contribution in [0.1, 0.15) is 59.3 Å². The summed E-state index contributed by atoms with van der Waals surface area (Å²) in [7, 11) is -2.39. The van der Waals surface area contributed by atoms with Crippen molar-refractivity contribution in [2.75, 3.05) is 19.7 Å². The molecule has 2 fully saturated rings. The van der Waals surface area contributed by atoms with Crippen molar-refractivity contribution in [1.82, 2.24) is 5.32 Å². The summed E-state index contributed by atoms with van der Waals surface area (Å²) in [6, 6.07) is 22.2. The number of hydrogen-bond acceptors (Lipinski definition) is 2. The van der Waals surface area contributed by atoms with Crippen LogP contribution >= 0.6 is 0 Å². The summed E-state index contributed by atoms with van der Waals surface area (Å²) in [4.78, 5) is 0. The van der Waals surface area contributed by atoms with Gasteiger partial charge in [-0.05, 0) is 78.4 Å². The van der Waals surface area contributed by atoms with Crippen LogP contribution in [-0.4, -0.2) is 28.0 Å². The van der Waals surface area contributed by atoms with Gasteiger partial charge in [0, 0.05) is 6.61 Å². The van der Waals surface area contributed by atoms with Crippen LogP contribution in [0.25, 0.3) is 0 Å². The zero-order valence-corrected chi connectivity index (χ0v) is 20.1. The summed E-state index contributed by atoms with van der Waals surface area (Å²) in [5.41, 5.74) is 0.624. The van der Waals surface area contributed by atoms with E-state index in [4.69, 9.17) is 4.43 Å². The topological polar surface area (TPSA) is 21.3 Å². The second kappa shape index (κ2) is 8.98. The van der Waals surface area contributed by atoms with Crippen LogP contribution < -0.4 is 15.7 Å². The molecule has 4 rings (SSSR count). The van der Waals surface area contributed by atoms with Crippen LogP contribution in [0.2, 0.25) is 5.04 Å². The normalized spacial score (nSPS) is 20.4. The molecule has 0 radical (unpaired) electrons. The molecule has 1 aliphatic carbocycles. The van der Waals surface area contributed by atoms with Gasteiger partial charge in [0.05, 0.1) is 0 Å². The van der Waals surface area contributed by atoms with E-state index < -0.39 is 8.32 Å². The first-order valence-corrected chi connectivity index (χ1v) is 13.8. The second-order valence-electron chi connectivity index (χ2n) is 10.7. The molecule has 3 heteroatoms. The van der Waals surface area contributed by atoms with E-state index in [0.29, 0.717) is 11.3 Å². The molecule has 2 aromatic carbocycles. The molecule has 1 saturated carbocycles. The lowest BCUT2D eigenvalue weighted by molar-refractivity contribution is 0.0830. The second-order valence-corrected chi connectivity index (χ2v) is 15.0. The van der Waals surface area contributed by atoms with Crippen molar-refractivity contribution < 1.29 is 4.43 Å². The van der Waals surface area contributed by atoms with Gasteiger partial charge in [-0.1, -0.05) is 81.4 Å². The summed E-state index contributed by atoms with van der Waals surface area (Å²) in [5, 5.41) is 6.41. The summed E-state index contributed by atoms with van der Waals surface area (Å²) in [6.07, 6.45) is 8.19. The van der Waals surface area contributed by atoms with Crippen molar-refractivity contribution in [1.29, 1.82) is 0 Å². The van der Waals surface area contributed by atoms with Crippen LogP contribution in [0.3, 0.4) is 0 Å². The number of nitrogens with one attached hydrogen (secondary N) is 1. The smallest absolute Gasteiger partial charge is 0.261 e. The first kappa shape index (κ1) is 21.8. The Morgan fingerprint density at radius 3 is 1.80 bits per heavy atom. The van der Waals surface area contributed by atoms with Crippen molar-refractivity contribution >= 4 is 18.7 Å². The van der Waals surface area contributed by atoms with Crippen LogP contribution in [-0.2, 0) is 4.43 Å². The van der Waals surface area contributed by atoms with Gasteiger partial charge in [0.15, 0.2) is 0 Å². The molecule has 1 spiro atoms. The average Bonchev–Trinajstić information content (AvgIpc) is 2.77. The highest BCUT2D eigenvalue weighted by Gasteiger charge is 2.50. The third kappa shape index (κ3) is 4.30. The standard InChI is InChI=1S/C27H39NOSi/c1-26(2,3)30(24-10-6-4-7-11-24,25-12-8-5-9-13-25)29-22-23-14-16-27(17-15-23)18-20-28-21-19-27/h4-13,23,28H,14-22H2,1-3H3. The van der Waals surface area contributed by atoms with Crippen LogP contribution in [0.5, 0.6) is 0 Å². The molecule has 1 heterocycles. The van der Waals surface area contributed by atoms with E-state index in [1.54, 1.807) is 0 Å². The Bertz CT molecular complexity index is 743. The molecular formula is C27H39NOSi. The molecule has 0 unspecified atom stereocenters. The van der Waals surface area contributed by atoms with Crippen LogP contribution in [0.15, 0.2) is 60.7 Å². The molecule has 2 aliphatic rings. The molecule has 1 aliphatic heterocycles. The summed E-state index contributed by atoms with van der Waals surface area (Å²) in [5.74, 6) is 0.701. The molecule has 2 nitrogen and oxygen atoms in total. The van der Waals surface area contributed by atoms with E-state index in [9.17, 15) is 0 Å². The van der Waals surface area contributed by atoms with E-state index in [-0.39, 0.29) is 5.04 Å². The summed E-state index contributed by atoms with van der Waals surface area (Å²) < 4.78 is 7.21. The fraction of sp³-hybridized carbons (Fsp3) is 0.556. The minimum Gasteiger partial charge on any atom is -0.407 e. The van der Waals surface area contributed by atoms with E-state index in [0.717, 1.165) is 6.61 Å². The third-order valence-corrected chi connectivity index (χ3v) is 12.8. The van der Waals surface area contributed by atoms with Crippen molar-refractivity contribution in [2.45, 2.75) is 64.3 Å². The highest BCUT2D eigenvalue weighted by molar-refractivity contribution is 6.99. The summed E-state index contributed by atoms with van der Waals surface area (Å²) in [6.45, 7) is 10.5. The quantitative estimate of drug-likeness (QED) is 0.676. The molecule has 2 aromatic rings. The maximum Gasteiger partial charge on any atom is 0.261 e. The molecular weight excluding hydrogens is 382 g/mol. The average molecular weight is 422 g/mol. The Labute approximate surface area is 184 Å². The number of rotatable bonds is 5. The summed E-state index contributed by atoms with van der Waals surface area (Å²) >= 11 is 0. The molecule has 1 saturated heterocycles. The first-order chi connectivity index (χ1) is 14.5. The molecule has 0 bridgehead atoms. The van der Waals surface area contributed by atoms with Crippen molar-refractivity contribution in [3.63, 3.8) is 0 Å². The highest BCUT2D eigenvalue weighted by atomic mass is 28.4. The lowest BCUT2D eigenvalue weighted by Gasteiger charge is -2.46. The van der Waals surface area contributed by atoms with E-state index in [2.05, 4.69) is 86.8 Å². The van der Waals surface area contributed by atoms with Crippen molar-refractivity contribution in [3.05, 3.63) is 60.7 Å². The Kier molecular flexibility index (Phi) is 6.52. The minimum atomic E-state index is -2.39. The maximum absolute atomic E-state index is 7.21. The van der Waals surface area contributed by atoms with Crippen molar-refractivity contribution in [2.24, 2.45) is 11.3 Å². The fourth-order valence-corrected chi connectivity index (χ4v) is 10.6. The molecule has 30 heavy (non-hydrogen) atoms. The molecule has 0 amide bonds. The van der Waals surface area contributed by atoms with E-state index in [1.165, 1.54) is 62.0 Å². The lowest BCUT2D eigenvalue weighted by atomic mass is 9.66. The first-order valence-electron chi connectivity index (χ1n) is 11.9. The van der Waals surface area contributed by atoms with Gasteiger partial charge in [-0.3, -0.25) is 0 Å². The Morgan fingerprint density at radius 2 is 1.33 bits per heavy atom. The molecule has 0 aromatic heterocycles. The van der Waals surface area contributed by atoms with Crippen LogP contribution in [0, 0.1) is 11.3 Å². The lowest BCUT2D eigenvalue weighted by Crippen LogP contribution is -2.67. The number of hydrogen-bond donors (Lipinski definition) is 1. The van der Waals surface area contributed by atoms with Crippen molar-refractivity contribution in [3.8, 4) is 0 Å². The monoisotopic (exact) mass is 421 g/mol. The largest absolute Gasteiger partial charge is 0.407 e. The van der Waals surface area contributed by atoms with Gasteiger partial charge in [0.2, 0.25) is 0 Å².